The standard InChI is InChI=1S/C21H24FN3O2/c1-23-20(24-10-7-15-3-2-4-17(22)11-15)25-13-21(8-9-21)16-5-6-18-19(12-16)27-14-26-18/h2-6,11-12H,7-10,13-14H2,1H3,(H2,23,24,25). The van der Waals surface area contributed by atoms with Crippen LogP contribution in [0.15, 0.2) is 47.5 Å². The lowest BCUT2D eigenvalue weighted by molar-refractivity contribution is 0.174. The summed E-state index contributed by atoms with van der Waals surface area (Å²) in [6, 6.07) is 12.9. The second-order valence-electron chi connectivity index (χ2n) is 7.08. The molecule has 0 aromatic heterocycles. The molecular weight excluding hydrogens is 345 g/mol. The molecule has 0 atom stereocenters. The van der Waals surface area contributed by atoms with Gasteiger partial charge in [-0.15, -0.1) is 0 Å². The van der Waals surface area contributed by atoms with E-state index < -0.39 is 0 Å². The van der Waals surface area contributed by atoms with Gasteiger partial charge in [0.1, 0.15) is 5.82 Å². The van der Waals surface area contributed by atoms with Gasteiger partial charge in [0.15, 0.2) is 17.5 Å². The summed E-state index contributed by atoms with van der Waals surface area (Å²) in [7, 11) is 1.76. The fourth-order valence-corrected chi connectivity index (χ4v) is 3.44. The molecule has 0 amide bonds. The number of fused-ring (bicyclic) bond motifs is 1. The van der Waals surface area contributed by atoms with Crippen LogP contribution in [0, 0.1) is 5.82 Å². The zero-order valence-corrected chi connectivity index (χ0v) is 15.4. The number of ether oxygens (including phenoxy) is 2. The predicted molar refractivity (Wildman–Crippen MR) is 103 cm³/mol. The van der Waals surface area contributed by atoms with Gasteiger partial charge >= 0.3 is 0 Å². The molecule has 2 aliphatic rings. The number of nitrogens with one attached hydrogen (secondary N) is 2. The van der Waals surface area contributed by atoms with Crippen molar-refractivity contribution in [2.24, 2.45) is 4.99 Å². The molecule has 4 rings (SSSR count). The van der Waals surface area contributed by atoms with Gasteiger partial charge < -0.3 is 20.1 Å². The van der Waals surface area contributed by atoms with Crippen LogP contribution in [0.3, 0.4) is 0 Å². The summed E-state index contributed by atoms with van der Waals surface area (Å²) in [5.74, 6) is 2.21. The second kappa shape index (κ2) is 7.47. The number of benzene rings is 2. The van der Waals surface area contributed by atoms with E-state index in [0.717, 1.165) is 48.8 Å². The molecule has 2 N–H and O–H groups in total. The van der Waals surface area contributed by atoms with E-state index >= 15 is 0 Å². The number of aliphatic imine (C=N–C) groups is 1. The summed E-state index contributed by atoms with van der Waals surface area (Å²) >= 11 is 0. The Morgan fingerprint density at radius 2 is 1.96 bits per heavy atom. The topological polar surface area (TPSA) is 54.9 Å². The van der Waals surface area contributed by atoms with Gasteiger partial charge in [-0.05, 0) is 54.7 Å². The van der Waals surface area contributed by atoms with E-state index in [2.05, 4.69) is 27.8 Å². The summed E-state index contributed by atoms with van der Waals surface area (Å²) < 4.78 is 24.2. The Hall–Kier alpha value is -2.76. The smallest absolute Gasteiger partial charge is 0.231 e. The van der Waals surface area contributed by atoms with Gasteiger partial charge in [-0.2, -0.15) is 0 Å². The van der Waals surface area contributed by atoms with Crippen molar-refractivity contribution in [1.29, 1.82) is 0 Å². The highest BCUT2D eigenvalue weighted by Crippen LogP contribution is 2.49. The molecule has 0 bridgehead atoms. The van der Waals surface area contributed by atoms with E-state index in [9.17, 15) is 4.39 Å². The van der Waals surface area contributed by atoms with Crippen LogP contribution in [0.5, 0.6) is 11.5 Å². The number of rotatable bonds is 6. The van der Waals surface area contributed by atoms with Crippen LogP contribution in [-0.4, -0.2) is 32.9 Å². The molecule has 0 spiro atoms. The number of halogens is 1. The Balaban J connectivity index is 1.30. The minimum atomic E-state index is -0.200. The molecule has 1 heterocycles. The van der Waals surface area contributed by atoms with Crippen molar-refractivity contribution in [2.45, 2.75) is 24.7 Å². The van der Waals surface area contributed by atoms with Crippen molar-refractivity contribution in [3.05, 3.63) is 59.4 Å². The highest BCUT2D eigenvalue weighted by molar-refractivity contribution is 5.79. The number of guanidine groups is 1. The first-order valence-corrected chi connectivity index (χ1v) is 9.28. The Bertz CT molecular complexity index is 849. The molecule has 2 aromatic carbocycles. The minimum Gasteiger partial charge on any atom is -0.454 e. The number of hydrogen-bond acceptors (Lipinski definition) is 3. The maximum absolute atomic E-state index is 13.2. The maximum atomic E-state index is 13.2. The van der Waals surface area contributed by atoms with Crippen LogP contribution in [0.25, 0.3) is 0 Å². The van der Waals surface area contributed by atoms with E-state index in [-0.39, 0.29) is 11.2 Å². The van der Waals surface area contributed by atoms with Gasteiger partial charge in [0.2, 0.25) is 6.79 Å². The van der Waals surface area contributed by atoms with Gasteiger partial charge in [0.05, 0.1) is 0 Å². The third kappa shape index (κ3) is 3.99. The average molecular weight is 369 g/mol. The Kier molecular flexibility index (Phi) is 4.88. The largest absolute Gasteiger partial charge is 0.454 e. The van der Waals surface area contributed by atoms with Crippen molar-refractivity contribution >= 4 is 5.96 Å². The Labute approximate surface area is 158 Å². The van der Waals surface area contributed by atoms with E-state index in [1.54, 1.807) is 19.2 Å². The van der Waals surface area contributed by atoms with Crippen LogP contribution < -0.4 is 20.1 Å². The predicted octanol–water partition coefficient (Wildman–Crippen LogP) is 2.99. The first-order valence-electron chi connectivity index (χ1n) is 9.28. The van der Waals surface area contributed by atoms with Crippen LogP contribution in [0.4, 0.5) is 4.39 Å². The summed E-state index contributed by atoms with van der Waals surface area (Å²) in [6.07, 6.45) is 3.02. The molecule has 1 aliphatic carbocycles. The van der Waals surface area contributed by atoms with Gasteiger partial charge in [0, 0.05) is 25.6 Å². The summed E-state index contributed by atoms with van der Waals surface area (Å²) in [5.41, 5.74) is 2.37. The summed E-state index contributed by atoms with van der Waals surface area (Å²) in [5, 5.41) is 6.73. The first-order chi connectivity index (χ1) is 13.2. The van der Waals surface area contributed by atoms with Crippen LogP contribution in [-0.2, 0) is 11.8 Å². The fourth-order valence-electron chi connectivity index (χ4n) is 3.44. The van der Waals surface area contributed by atoms with E-state index in [0.29, 0.717) is 13.3 Å². The minimum absolute atomic E-state index is 0.126. The van der Waals surface area contributed by atoms with E-state index in [1.165, 1.54) is 11.6 Å². The van der Waals surface area contributed by atoms with E-state index in [1.807, 2.05) is 12.1 Å². The summed E-state index contributed by atoms with van der Waals surface area (Å²) in [6.45, 7) is 1.80. The molecule has 0 radical (unpaired) electrons. The molecule has 1 fully saturated rings. The molecule has 6 heteroatoms. The quantitative estimate of drug-likeness (QED) is 0.607. The zero-order chi connectivity index (χ0) is 18.7. The van der Waals surface area contributed by atoms with Crippen LogP contribution in [0.2, 0.25) is 0 Å². The first kappa shape index (κ1) is 17.6. The van der Waals surface area contributed by atoms with Gasteiger partial charge in [-0.1, -0.05) is 18.2 Å². The number of hydrogen-bond donors (Lipinski definition) is 2. The van der Waals surface area contributed by atoms with Crippen molar-refractivity contribution in [3.8, 4) is 11.5 Å². The van der Waals surface area contributed by atoms with Crippen molar-refractivity contribution in [3.63, 3.8) is 0 Å². The Morgan fingerprint density at radius 3 is 2.74 bits per heavy atom. The third-order valence-corrected chi connectivity index (χ3v) is 5.25. The Morgan fingerprint density at radius 1 is 1.11 bits per heavy atom. The van der Waals surface area contributed by atoms with Crippen molar-refractivity contribution in [1.82, 2.24) is 10.6 Å². The SMILES string of the molecule is CN=C(NCCc1cccc(F)c1)NCC1(c2ccc3c(c2)OCO3)CC1. The lowest BCUT2D eigenvalue weighted by Gasteiger charge is -2.19. The molecule has 1 aliphatic heterocycles. The zero-order valence-electron chi connectivity index (χ0n) is 15.4. The van der Waals surface area contributed by atoms with E-state index in [4.69, 9.17) is 9.47 Å². The molecular formula is C21H24FN3O2. The van der Waals surface area contributed by atoms with Gasteiger partial charge in [-0.3, -0.25) is 4.99 Å². The molecule has 27 heavy (non-hydrogen) atoms. The van der Waals surface area contributed by atoms with Crippen molar-refractivity contribution < 1.29 is 13.9 Å². The lowest BCUT2D eigenvalue weighted by Crippen LogP contribution is -2.41. The fraction of sp³-hybridized carbons (Fsp3) is 0.381. The molecule has 0 saturated heterocycles. The summed E-state index contributed by atoms with van der Waals surface area (Å²) in [4.78, 5) is 4.29. The monoisotopic (exact) mass is 369 g/mol. The molecule has 5 nitrogen and oxygen atoms in total. The average Bonchev–Trinajstić information content (AvgIpc) is 3.32. The maximum Gasteiger partial charge on any atom is 0.231 e. The van der Waals surface area contributed by atoms with Crippen molar-refractivity contribution in [2.75, 3.05) is 26.9 Å². The van der Waals surface area contributed by atoms with Crippen LogP contribution >= 0.6 is 0 Å². The molecule has 2 aromatic rings. The third-order valence-electron chi connectivity index (χ3n) is 5.25. The lowest BCUT2D eigenvalue weighted by atomic mass is 9.95. The normalized spacial score (nSPS) is 16.9. The number of nitrogens with zero attached hydrogens (tertiary/aromatic N) is 1. The van der Waals surface area contributed by atoms with Gasteiger partial charge in [-0.25, -0.2) is 4.39 Å². The molecule has 142 valence electrons. The van der Waals surface area contributed by atoms with Gasteiger partial charge in [0.25, 0.3) is 0 Å². The molecule has 1 saturated carbocycles. The highest BCUT2D eigenvalue weighted by Gasteiger charge is 2.44. The molecule has 0 unspecified atom stereocenters. The highest BCUT2D eigenvalue weighted by atomic mass is 19.1. The second-order valence-corrected chi connectivity index (χ2v) is 7.08. The van der Waals surface area contributed by atoms with Crippen LogP contribution in [0.1, 0.15) is 24.0 Å².